The summed E-state index contributed by atoms with van der Waals surface area (Å²) in [5.41, 5.74) is 0.238. The Kier molecular flexibility index (Phi) is 5.45. The van der Waals surface area contributed by atoms with Gasteiger partial charge in [0.25, 0.3) is 15.7 Å². The van der Waals surface area contributed by atoms with Crippen LogP contribution in [-0.2, 0) is 14.8 Å². The number of hydrogen-bond donors (Lipinski definition) is 1. The molecule has 10 heteroatoms. The van der Waals surface area contributed by atoms with E-state index >= 15 is 0 Å². The van der Waals surface area contributed by atoms with Crippen LogP contribution in [0.5, 0.6) is 0 Å². The Hall–Kier alpha value is -3.27. The molecule has 0 aliphatic rings. The number of sulfonamides is 1. The van der Waals surface area contributed by atoms with E-state index < -0.39 is 20.9 Å². The molecular formula is C15H13N3O6S. The van der Waals surface area contributed by atoms with Crippen molar-refractivity contribution in [3.8, 4) is 0 Å². The highest BCUT2D eigenvalue weighted by molar-refractivity contribution is 7.89. The van der Waals surface area contributed by atoms with Gasteiger partial charge in [0.15, 0.2) is 0 Å². The largest absolute Gasteiger partial charge is 0.465 e. The third kappa shape index (κ3) is 4.38. The maximum absolute atomic E-state index is 12.3. The quantitative estimate of drug-likeness (QED) is 0.360. The molecule has 0 aliphatic carbocycles. The lowest BCUT2D eigenvalue weighted by Gasteiger charge is -2.07. The lowest BCUT2D eigenvalue weighted by atomic mass is 10.2. The molecule has 0 unspecified atom stereocenters. The average molecular weight is 363 g/mol. The molecule has 0 saturated heterocycles. The molecule has 130 valence electrons. The van der Waals surface area contributed by atoms with Gasteiger partial charge in [-0.1, -0.05) is 12.1 Å². The summed E-state index contributed by atoms with van der Waals surface area (Å²) in [7, 11) is -2.95. The Morgan fingerprint density at radius 1 is 1.20 bits per heavy atom. The van der Waals surface area contributed by atoms with Crippen LogP contribution >= 0.6 is 0 Å². The topological polar surface area (TPSA) is 128 Å². The number of nitro groups is 1. The van der Waals surface area contributed by atoms with Crippen LogP contribution in [0.4, 0.5) is 5.69 Å². The van der Waals surface area contributed by atoms with Crippen molar-refractivity contribution in [2.24, 2.45) is 5.10 Å². The molecule has 0 spiro atoms. The van der Waals surface area contributed by atoms with Crippen molar-refractivity contribution in [1.29, 1.82) is 0 Å². The molecule has 0 saturated carbocycles. The fourth-order valence-electron chi connectivity index (χ4n) is 1.88. The highest BCUT2D eigenvalue weighted by Gasteiger charge is 2.22. The minimum absolute atomic E-state index is 0.0928. The molecule has 0 bridgehead atoms. The predicted molar refractivity (Wildman–Crippen MR) is 88.8 cm³/mol. The van der Waals surface area contributed by atoms with E-state index in [0.29, 0.717) is 5.56 Å². The monoisotopic (exact) mass is 363 g/mol. The van der Waals surface area contributed by atoms with Gasteiger partial charge in [-0.25, -0.2) is 9.63 Å². The van der Waals surface area contributed by atoms with Crippen LogP contribution in [0.3, 0.4) is 0 Å². The van der Waals surface area contributed by atoms with E-state index in [0.717, 1.165) is 7.11 Å². The molecule has 0 aromatic heterocycles. The van der Waals surface area contributed by atoms with Crippen LogP contribution in [0, 0.1) is 10.1 Å². The van der Waals surface area contributed by atoms with Crippen molar-refractivity contribution in [2.75, 3.05) is 7.11 Å². The Morgan fingerprint density at radius 3 is 2.44 bits per heavy atom. The zero-order chi connectivity index (χ0) is 18.4. The number of nitrogens with zero attached hydrogens (tertiary/aromatic N) is 2. The number of benzene rings is 2. The summed E-state index contributed by atoms with van der Waals surface area (Å²) in [5, 5.41) is 14.2. The second kappa shape index (κ2) is 7.53. The smallest absolute Gasteiger partial charge is 0.339 e. The normalized spacial score (nSPS) is 11.2. The maximum Gasteiger partial charge on any atom is 0.339 e. The molecule has 2 rings (SSSR count). The lowest BCUT2D eigenvalue weighted by Crippen LogP contribution is -2.21. The average Bonchev–Trinajstić information content (AvgIpc) is 2.61. The zero-order valence-corrected chi connectivity index (χ0v) is 13.8. The van der Waals surface area contributed by atoms with Gasteiger partial charge in [-0.15, -0.1) is 0 Å². The third-order valence-corrected chi connectivity index (χ3v) is 4.35. The Morgan fingerprint density at radius 2 is 1.84 bits per heavy atom. The zero-order valence-electron chi connectivity index (χ0n) is 12.9. The number of hydrogen-bond acceptors (Lipinski definition) is 7. The highest BCUT2D eigenvalue weighted by Crippen LogP contribution is 2.16. The molecule has 0 amide bonds. The summed E-state index contributed by atoms with van der Waals surface area (Å²) in [4.78, 5) is 23.4. The van der Waals surface area contributed by atoms with Crippen molar-refractivity contribution >= 4 is 27.9 Å². The first-order valence-electron chi connectivity index (χ1n) is 6.82. The van der Waals surface area contributed by atoms with Crippen molar-refractivity contribution in [1.82, 2.24) is 4.83 Å². The molecule has 2 aromatic rings. The number of nitro benzene ring substituents is 1. The van der Waals surface area contributed by atoms with Crippen molar-refractivity contribution in [3.05, 3.63) is 69.8 Å². The van der Waals surface area contributed by atoms with Crippen LogP contribution in [0.15, 0.2) is 58.5 Å². The van der Waals surface area contributed by atoms with Gasteiger partial charge in [-0.2, -0.15) is 13.5 Å². The molecule has 0 atom stereocenters. The van der Waals surface area contributed by atoms with Crippen LogP contribution in [-0.4, -0.2) is 32.6 Å². The summed E-state index contributed by atoms with van der Waals surface area (Å²) in [6.07, 6.45) is 1.18. The first kappa shape index (κ1) is 18.1. The van der Waals surface area contributed by atoms with Crippen molar-refractivity contribution < 1.29 is 22.9 Å². The molecule has 9 nitrogen and oxygen atoms in total. The van der Waals surface area contributed by atoms with Gasteiger partial charge in [0.05, 0.1) is 23.8 Å². The standard InChI is InChI=1S/C15H13N3O6S/c1-24-15(19)13-4-2-3-5-14(13)25(22,23)17-16-10-11-6-8-12(9-7-11)18(20)21/h2-10,17H,1H3/b16-10+. The Bertz CT molecular complexity index is 923. The lowest BCUT2D eigenvalue weighted by molar-refractivity contribution is -0.384. The van der Waals surface area contributed by atoms with Gasteiger partial charge < -0.3 is 4.74 Å². The van der Waals surface area contributed by atoms with E-state index in [9.17, 15) is 23.3 Å². The van der Waals surface area contributed by atoms with E-state index in [1.165, 1.54) is 54.7 Å². The van der Waals surface area contributed by atoms with E-state index in [2.05, 4.69) is 9.84 Å². The third-order valence-electron chi connectivity index (χ3n) is 3.07. The number of ether oxygens (including phenoxy) is 1. The molecule has 1 N–H and O–H groups in total. The number of carbonyl (C=O) groups is 1. The fraction of sp³-hybridized carbons (Fsp3) is 0.0667. The first-order chi connectivity index (χ1) is 11.8. The number of non-ortho nitro benzene ring substituents is 1. The number of rotatable bonds is 6. The number of nitrogens with one attached hydrogen (secondary N) is 1. The van der Waals surface area contributed by atoms with E-state index in [-0.39, 0.29) is 16.1 Å². The summed E-state index contributed by atoms with van der Waals surface area (Å²) in [6, 6.07) is 10.9. The van der Waals surface area contributed by atoms with E-state index in [4.69, 9.17) is 0 Å². The molecule has 0 fully saturated rings. The van der Waals surface area contributed by atoms with Crippen LogP contribution < -0.4 is 4.83 Å². The Balaban J connectivity index is 2.19. The van der Waals surface area contributed by atoms with Gasteiger partial charge >= 0.3 is 5.97 Å². The fourth-order valence-corrected chi connectivity index (χ4v) is 2.87. The van der Waals surface area contributed by atoms with Crippen molar-refractivity contribution in [2.45, 2.75) is 4.90 Å². The first-order valence-corrected chi connectivity index (χ1v) is 8.30. The van der Waals surface area contributed by atoms with Gasteiger partial charge in [0.1, 0.15) is 4.90 Å². The SMILES string of the molecule is COC(=O)c1ccccc1S(=O)(=O)N/N=C/c1ccc([N+](=O)[O-])cc1. The van der Waals surface area contributed by atoms with E-state index in [1.807, 2.05) is 4.83 Å². The molecule has 0 radical (unpaired) electrons. The number of esters is 1. The summed E-state index contributed by atoms with van der Waals surface area (Å²) in [6.45, 7) is 0. The number of carbonyl (C=O) groups excluding carboxylic acids is 1. The minimum Gasteiger partial charge on any atom is -0.465 e. The van der Waals surface area contributed by atoms with Crippen molar-refractivity contribution in [3.63, 3.8) is 0 Å². The number of hydrazone groups is 1. The Labute approximate surface area is 143 Å². The van der Waals surface area contributed by atoms with Gasteiger partial charge in [-0.05, 0) is 29.8 Å². The second-order valence-corrected chi connectivity index (χ2v) is 6.32. The van der Waals surface area contributed by atoms with Crippen LogP contribution in [0.2, 0.25) is 0 Å². The minimum atomic E-state index is -4.09. The van der Waals surface area contributed by atoms with Gasteiger partial charge in [-0.3, -0.25) is 10.1 Å². The van der Waals surface area contributed by atoms with Crippen LogP contribution in [0.25, 0.3) is 0 Å². The van der Waals surface area contributed by atoms with Gasteiger partial charge in [0, 0.05) is 12.1 Å². The predicted octanol–water partition coefficient (Wildman–Crippen LogP) is 1.69. The molecule has 0 aliphatic heterocycles. The van der Waals surface area contributed by atoms with Crippen LogP contribution in [0.1, 0.15) is 15.9 Å². The molecule has 2 aromatic carbocycles. The molecular weight excluding hydrogens is 350 g/mol. The number of methoxy groups -OCH3 is 1. The summed E-state index contributed by atoms with van der Waals surface area (Å²) < 4.78 is 29.1. The highest BCUT2D eigenvalue weighted by atomic mass is 32.2. The molecule has 0 heterocycles. The van der Waals surface area contributed by atoms with E-state index in [1.54, 1.807) is 0 Å². The molecule has 25 heavy (non-hydrogen) atoms. The summed E-state index contributed by atoms with van der Waals surface area (Å²) in [5.74, 6) is -0.791. The maximum atomic E-state index is 12.3. The second-order valence-electron chi connectivity index (χ2n) is 4.69. The summed E-state index contributed by atoms with van der Waals surface area (Å²) >= 11 is 0. The van der Waals surface area contributed by atoms with Gasteiger partial charge in [0.2, 0.25) is 0 Å².